The maximum Gasteiger partial charge on any atom is 0.236 e. The zero-order chi connectivity index (χ0) is 19.9. The summed E-state index contributed by atoms with van der Waals surface area (Å²) in [5, 5.41) is 0. The van der Waals surface area contributed by atoms with Gasteiger partial charge < -0.3 is 14.5 Å². The fourth-order valence-corrected chi connectivity index (χ4v) is 3.85. The number of rotatable bonds is 7. The van der Waals surface area contributed by atoms with E-state index in [1.807, 2.05) is 30.1 Å². The van der Waals surface area contributed by atoms with Crippen LogP contribution in [0.2, 0.25) is 0 Å². The van der Waals surface area contributed by atoms with Gasteiger partial charge in [-0.2, -0.15) is 0 Å². The molecule has 1 fully saturated rings. The maximum absolute atomic E-state index is 12.6. The molecule has 150 valence electrons. The van der Waals surface area contributed by atoms with Crippen molar-refractivity contribution in [2.45, 2.75) is 11.4 Å². The number of likely N-dealkylation sites (N-methyl/N-ethyl adjacent to an activating group) is 1. The van der Waals surface area contributed by atoms with Gasteiger partial charge in [-0.1, -0.05) is 24.3 Å². The predicted molar refractivity (Wildman–Crippen MR) is 116 cm³/mol. The highest BCUT2D eigenvalue weighted by Gasteiger charge is 2.22. The lowest BCUT2D eigenvalue weighted by molar-refractivity contribution is -0.131. The number of nitrogens with zero attached hydrogens (tertiary/aromatic N) is 3. The molecule has 1 heterocycles. The molecule has 0 unspecified atom stereocenters. The van der Waals surface area contributed by atoms with Crippen LogP contribution in [0.4, 0.5) is 5.69 Å². The van der Waals surface area contributed by atoms with E-state index in [0.717, 1.165) is 43.2 Å². The van der Waals surface area contributed by atoms with Crippen molar-refractivity contribution in [1.29, 1.82) is 0 Å². The van der Waals surface area contributed by atoms with Gasteiger partial charge in [-0.05, 0) is 36.1 Å². The highest BCUT2D eigenvalue weighted by atomic mass is 32.2. The van der Waals surface area contributed by atoms with Crippen LogP contribution in [-0.4, -0.2) is 68.8 Å². The summed E-state index contributed by atoms with van der Waals surface area (Å²) < 4.78 is 5.48. The Balaban J connectivity index is 1.48. The smallest absolute Gasteiger partial charge is 0.236 e. The highest BCUT2D eigenvalue weighted by Crippen LogP contribution is 2.28. The second kappa shape index (κ2) is 9.85. The molecular formula is C22H29N3O2S. The Morgan fingerprint density at radius 1 is 1.07 bits per heavy atom. The van der Waals surface area contributed by atoms with E-state index in [2.05, 4.69) is 46.4 Å². The normalized spacial score (nSPS) is 14.8. The van der Waals surface area contributed by atoms with Crippen LogP contribution < -0.4 is 9.64 Å². The van der Waals surface area contributed by atoms with Gasteiger partial charge >= 0.3 is 0 Å². The second-order valence-corrected chi connectivity index (χ2v) is 7.91. The van der Waals surface area contributed by atoms with E-state index in [9.17, 15) is 4.79 Å². The van der Waals surface area contributed by atoms with Gasteiger partial charge in [0.2, 0.25) is 5.91 Å². The van der Waals surface area contributed by atoms with Gasteiger partial charge in [0.25, 0.3) is 0 Å². The van der Waals surface area contributed by atoms with E-state index in [-0.39, 0.29) is 5.91 Å². The van der Waals surface area contributed by atoms with E-state index < -0.39 is 0 Å². The minimum atomic E-state index is 0.166. The van der Waals surface area contributed by atoms with Gasteiger partial charge in [0.15, 0.2) is 0 Å². The summed E-state index contributed by atoms with van der Waals surface area (Å²) >= 11 is 1.73. The van der Waals surface area contributed by atoms with Crippen LogP contribution in [0, 0.1) is 0 Å². The average Bonchev–Trinajstić information content (AvgIpc) is 2.74. The maximum atomic E-state index is 12.6. The lowest BCUT2D eigenvalue weighted by atomic mass is 10.2. The molecule has 0 N–H and O–H groups in total. The number of para-hydroxylation sites is 2. The molecule has 0 atom stereocenters. The van der Waals surface area contributed by atoms with Crippen LogP contribution in [0.25, 0.3) is 0 Å². The van der Waals surface area contributed by atoms with Gasteiger partial charge in [0.05, 0.1) is 19.3 Å². The average molecular weight is 400 g/mol. The fraction of sp³-hybridized carbons (Fsp3) is 0.409. The third kappa shape index (κ3) is 5.20. The first kappa shape index (κ1) is 20.6. The number of anilines is 1. The van der Waals surface area contributed by atoms with E-state index in [1.54, 1.807) is 18.9 Å². The number of amides is 1. The molecule has 3 rings (SSSR count). The lowest BCUT2D eigenvalue weighted by Gasteiger charge is -2.36. The summed E-state index contributed by atoms with van der Waals surface area (Å²) in [5.41, 5.74) is 2.29. The lowest BCUT2D eigenvalue weighted by Crippen LogP contribution is -2.49. The highest BCUT2D eigenvalue weighted by molar-refractivity contribution is 7.98. The topological polar surface area (TPSA) is 36.0 Å². The van der Waals surface area contributed by atoms with Crippen LogP contribution in [0.3, 0.4) is 0 Å². The number of carbonyl (C=O) groups excluding carboxylic acids is 1. The summed E-state index contributed by atoms with van der Waals surface area (Å²) in [4.78, 5) is 20.3. The minimum Gasteiger partial charge on any atom is -0.495 e. The second-order valence-electron chi connectivity index (χ2n) is 7.03. The Bertz CT molecular complexity index is 774. The molecule has 0 radical (unpaired) electrons. The van der Waals surface area contributed by atoms with E-state index >= 15 is 0 Å². The Hall–Kier alpha value is -2.18. The Kier molecular flexibility index (Phi) is 7.23. The molecule has 2 aromatic rings. The van der Waals surface area contributed by atoms with Crippen LogP contribution in [-0.2, 0) is 11.3 Å². The van der Waals surface area contributed by atoms with Crippen molar-refractivity contribution in [2.24, 2.45) is 0 Å². The van der Waals surface area contributed by atoms with Crippen molar-refractivity contribution in [2.75, 3.05) is 58.0 Å². The van der Waals surface area contributed by atoms with Gasteiger partial charge in [0, 0.05) is 44.7 Å². The van der Waals surface area contributed by atoms with E-state index in [4.69, 9.17) is 4.74 Å². The number of hydrogen-bond acceptors (Lipinski definition) is 5. The quantitative estimate of drug-likeness (QED) is 0.668. The number of thioether (sulfide) groups is 1. The molecule has 5 nitrogen and oxygen atoms in total. The van der Waals surface area contributed by atoms with E-state index in [1.165, 1.54) is 4.90 Å². The zero-order valence-corrected chi connectivity index (χ0v) is 17.7. The molecule has 1 aliphatic heterocycles. The summed E-state index contributed by atoms with van der Waals surface area (Å²) in [6.45, 7) is 4.66. The number of piperazine rings is 1. The van der Waals surface area contributed by atoms with Crippen LogP contribution in [0.1, 0.15) is 5.56 Å². The van der Waals surface area contributed by atoms with Crippen molar-refractivity contribution >= 4 is 23.4 Å². The third-order valence-corrected chi connectivity index (χ3v) is 5.91. The predicted octanol–water partition coefficient (Wildman–Crippen LogP) is 3.20. The van der Waals surface area contributed by atoms with Crippen molar-refractivity contribution in [1.82, 2.24) is 9.80 Å². The fourth-order valence-electron chi connectivity index (χ4n) is 3.44. The minimum absolute atomic E-state index is 0.166. The number of methoxy groups -OCH3 is 1. The standard InChI is InChI=1S/C22H29N3O2S/c1-23(16-18-8-10-19(28-3)11-9-18)22(26)17-24-12-14-25(15-13-24)20-6-4-5-7-21(20)27-2/h4-11H,12-17H2,1-3H3. The Morgan fingerprint density at radius 3 is 2.39 bits per heavy atom. The monoisotopic (exact) mass is 399 g/mol. The molecule has 28 heavy (non-hydrogen) atoms. The molecule has 1 aliphatic rings. The molecule has 0 spiro atoms. The van der Waals surface area contributed by atoms with Crippen molar-refractivity contribution in [3.8, 4) is 5.75 Å². The van der Waals surface area contributed by atoms with Crippen LogP contribution in [0.5, 0.6) is 5.75 Å². The molecule has 6 heteroatoms. The summed E-state index contributed by atoms with van der Waals surface area (Å²) in [6, 6.07) is 16.5. The molecule has 1 amide bonds. The van der Waals surface area contributed by atoms with Gasteiger partial charge in [-0.15, -0.1) is 11.8 Å². The van der Waals surface area contributed by atoms with Crippen molar-refractivity contribution in [3.63, 3.8) is 0 Å². The van der Waals surface area contributed by atoms with Crippen LogP contribution >= 0.6 is 11.8 Å². The van der Waals surface area contributed by atoms with Crippen molar-refractivity contribution in [3.05, 3.63) is 54.1 Å². The summed E-state index contributed by atoms with van der Waals surface area (Å²) in [6.07, 6.45) is 2.07. The first-order valence-corrected chi connectivity index (χ1v) is 10.8. The molecule has 2 aromatic carbocycles. The van der Waals surface area contributed by atoms with Crippen LogP contribution in [0.15, 0.2) is 53.4 Å². The molecule has 0 bridgehead atoms. The van der Waals surface area contributed by atoms with Crippen molar-refractivity contribution < 1.29 is 9.53 Å². The first-order chi connectivity index (χ1) is 13.6. The molecule has 0 aromatic heterocycles. The Morgan fingerprint density at radius 2 is 1.75 bits per heavy atom. The number of ether oxygens (including phenoxy) is 1. The molecule has 1 saturated heterocycles. The number of carbonyl (C=O) groups is 1. The number of benzene rings is 2. The molecular weight excluding hydrogens is 370 g/mol. The third-order valence-electron chi connectivity index (χ3n) is 5.16. The molecule has 0 saturated carbocycles. The summed E-state index contributed by atoms with van der Waals surface area (Å²) in [5.74, 6) is 1.07. The van der Waals surface area contributed by atoms with E-state index in [0.29, 0.717) is 13.1 Å². The first-order valence-electron chi connectivity index (χ1n) is 9.58. The Labute approximate surface area is 172 Å². The largest absolute Gasteiger partial charge is 0.495 e. The van der Waals surface area contributed by atoms with Gasteiger partial charge in [-0.3, -0.25) is 9.69 Å². The zero-order valence-electron chi connectivity index (χ0n) is 16.9. The number of hydrogen-bond donors (Lipinski definition) is 0. The van der Waals surface area contributed by atoms with Gasteiger partial charge in [-0.25, -0.2) is 0 Å². The molecule has 0 aliphatic carbocycles. The summed E-state index contributed by atoms with van der Waals surface area (Å²) in [7, 11) is 3.59. The van der Waals surface area contributed by atoms with Gasteiger partial charge in [0.1, 0.15) is 5.75 Å². The SMILES string of the molecule is COc1ccccc1N1CCN(CC(=O)N(C)Cc2ccc(SC)cc2)CC1.